The number of hydrogen-bond donors (Lipinski definition) is 1. The maximum atomic E-state index is 11.9. The number of carboxylic acids is 1. The van der Waals surface area contributed by atoms with Crippen LogP contribution in [0.25, 0.3) is 0 Å². The summed E-state index contributed by atoms with van der Waals surface area (Å²) in [5.74, 6) is -1.01. The highest BCUT2D eigenvalue weighted by Crippen LogP contribution is 2.17. The summed E-state index contributed by atoms with van der Waals surface area (Å²) in [6, 6.07) is 0. The van der Waals surface area contributed by atoms with E-state index < -0.39 is 22.0 Å². The zero-order valence-electron chi connectivity index (χ0n) is 9.32. The third kappa shape index (κ3) is 3.40. The van der Waals surface area contributed by atoms with Gasteiger partial charge in [-0.3, -0.25) is 9.00 Å². The van der Waals surface area contributed by atoms with E-state index >= 15 is 0 Å². The van der Waals surface area contributed by atoms with E-state index in [0.717, 1.165) is 12.8 Å². The zero-order valence-corrected chi connectivity index (χ0v) is 10.1. The normalized spacial score (nSPS) is 15.9. The van der Waals surface area contributed by atoms with Gasteiger partial charge in [0.25, 0.3) is 0 Å². The molecular formula is C10H20O3S. The Morgan fingerprint density at radius 1 is 1.29 bits per heavy atom. The van der Waals surface area contributed by atoms with Crippen LogP contribution in [-0.4, -0.2) is 25.8 Å². The van der Waals surface area contributed by atoms with E-state index in [1.165, 1.54) is 0 Å². The highest BCUT2D eigenvalue weighted by Gasteiger charge is 2.31. The Morgan fingerprint density at radius 2 is 1.71 bits per heavy atom. The van der Waals surface area contributed by atoms with Gasteiger partial charge < -0.3 is 5.11 Å². The monoisotopic (exact) mass is 220 g/mol. The van der Waals surface area contributed by atoms with Crippen LogP contribution in [-0.2, 0) is 15.6 Å². The first-order valence-corrected chi connectivity index (χ1v) is 6.35. The van der Waals surface area contributed by atoms with Crippen molar-refractivity contribution in [1.29, 1.82) is 0 Å². The minimum atomic E-state index is -1.26. The Hall–Kier alpha value is -0.380. The molecule has 0 rings (SSSR count). The van der Waals surface area contributed by atoms with Crippen LogP contribution >= 0.6 is 0 Å². The van der Waals surface area contributed by atoms with Crippen molar-refractivity contribution in [2.75, 3.05) is 0 Å². The van der Waals surface area contributed by atoms with E-state index in [1.807, 2.05) is 13.8 Å². The number of carboxylic acid groups (broad SMARTS) is 1. The van der Waals surface area contributed by atoms with E-state index in [0.29, 0.717) is 0 Å². The molecule has 84 valence electrons. The summed E-state index contributed by atoms with van der Waals surface area (Å²) in [5, 5.41) is 8.25. The Balaban J connectivity index is 4.67. The van der Waals surface area contributed by atoms with Crippen molar-refractivity contribution < 1.29 is 14.1 Å². The molecule has 0 saturated carbocycles. The molecule has 0 heterocycles. The first-order valence-electron chi connectivity index (χ1n) is 5.07. The Labute approximate surface area is 88.4 Å². The molecule has 0 fully saturated rings. The first kappa shape index (κ1) is 13.6. The van der Waals surface area contributed by atoms with Crippen LogP contribution in [0.15, 0.2) is 0 Å². The zero-order chi connectivity index (χ0) is 11.3. The lowest BCUT2D eigenvalue weighted by molar-refractivity contribution is -0.137. The molecular weight excluding hydrogens is 200 g/mol. The second-order valence-electron chi connectivity index (χ2n) is 3.77. The third-order valence-electron chi connectivity index (χ3n) is 2.34. The van der Waals surface area contributed by atoms with Crippen LogP contribution in [0.1, 0.15) is 40.5 Å². The lowest BCUT2D eigenvalue weighted by Gasteiger charge is -2.21. The Morgan fingerprint density at radius 3 is 1.93 bits per heavy atom. The lowest BCUT2D eigenvalue weighted by Crippen LogP contribution is -2.36. The van der Waals surface area contributed by atoms with Crippen LogP contribution in [0.5, 0.6) is 0 Å². The molecule has 2 unspecified atom stereocenters. The van der Waals surface area contributed by atoms with E-state index in [9.17, 15) is 9.00 Å². The fourth-order valence-corrected chi connectivity index (χ4v) is 3.28. The van der Waals surface area contributed by atoms with Crippen molar-refractivity contribution in [2.24, 2.45) is 5.92 Å². The van der Waals surface area contributed by atoms with E-state index in [1.54, 1.807) is 13.8 Å². The molecule has 14 heavy (non-hydrogen) atoms. The highest BCUT2D eigenvalue weighted by atomic mass is 32.2. The van der Waals surface area contributed by atoms with Crippen molar-refractivity contribution in [3.05, 3.63) is 0 Å². The van der Waals surface area contributed by atoms with Gasteiger partial charge in [-0.25, -0.2) is 0 Å². The van der Waals surface area contributed by atoms with Gasteiger partial charge in [0, 0.05) is 16.0 Å². The molecule has 4 heteroatoms. The largest absolute Gasteiger partial charge is 0.480 e. The molecule has 0 amide bonds. The van der Waals surface area contributed by atoms with E-state index in [4.69, 9.17) is 5.11 Å². The number of rotatable bonds is 6. The average Bonchev–Trinajstić information content (AvgIpc) is 2.04. The minimum Gasteiger partial charge on any atom is -0.480 e. The fraction of sp³-hybridized carbons (Fsp3) is 0.900. The predicted octanol–water partition coefficient (Wildman–Crippen LogP) is 2.03. The fourth-order valence-electron chi connectivity index (χ4n) is 1.48. The molecule has 0 saturated heterocycles. The summed E-state index contributed by atoms with van der Waals surface area (Å²) in [5.41, 5.74) is 0. The highest BCUT2D eigenvalue weighted by molar-refractivity contribution is 7.87. The Bertz CT molecular complexity index is 209. The van der Waals surface area contributed by atoms with Gasteiger partial charge in [-0.15, -0.1) is 0 Å². The van der Waals surface area contributed by atoms with Crippen molar-refractivity contribution in [3.63, 3.8) is 0 Å². The number of carbonyl (C=O) groups is 1. The molecule has 0 aromatic rings. The van der Waals surface area contributed by atoms with E-state index in [2.05, 4.69) is 0 Å². The van der Waals surface area contributed by atoms with Crippen LogP contribution in [0.4, 0.5) is 0 Å². The summed E-state index contributed by atoms with van der Waals surface area (Å²) in [6.45, 7) is 7.51. The molecule has 2 atom stereocenters. The van der Waals surface area contributed by atoms with Gasteiger partial charge >= 0.3 is 5.97 Å². The molecule has 0 aromatic carbocycles. The average molecular weight is 220 g/mol. The molecule has 0 radical (unpaired) electrons. The first-order chi connectivity index (χ1) is 6.45. The van der Waals surface area contributed by atoms with Gasteiger partial charge in [-0.1, -0.05) is 27.7 Å². The molecule has 0 bridgehead atoms. The maximum Gasteiger partial charge on any atom is 0.319 e. The summed E-state index contributed by atoms with van der Waals surface area (Å²) >= 11 is 0. The molecule has 1 N–H and O–H groups in total. The summed E-state index contributed by atoms with van der Waals surface area (Å²) in [4.78, 5) is 10.9. The molecule has 0 aliphatic carbocycles. The summed E-state index contributed by atoms with van der Waals surface area (Å²) in [7, 11) is -1.26. The molecule has 3 nitrogen and oxygen atoms in total. The summed E-state index contributed by atoms with van der Waals surface area (Å²) < 4.78 is 11.9. The number of aliphatic carboxylic acids is 1. The second-order valence-corrected chi connectivity index (χ2v) is 5.60. The van der Waals surface area contributed by atoms with Crippen LogP contribution in [0.2, 0.25) is 0 Å². The van der Waals surface area contributed by atoms with Gasteiger partial charge in [0.15, 0.2) is 0 Å². The van der Waals surface area contributed by atoms with Crippen LogP contribution < -0.4 is 0 Å². The Kier molecular flexibility index (Phi) is 6.00. The van der Waals surface area contributed by atoms with Gasteiger partial charge in [0.05, 0.1) is 0 Å². The predicted molar refractivity (Wildman–Crippen MR) is 58.8 cm³/mol. The third-order valence-corrected chi connectivity index (χ3v) is 4.91. The van der Waals surface area contributed by atoms with E-state index in [-0.39, 0.29) is 11.2 Å². The van der Waals surface area contributed by atoms with Crippen molar-refractivity contribution >= 4 is 16.8 Å². The van der Waals surface area contributed by atoms with Crippen molar-refractivity contribution in [2.45, 2.75) is 51.0 Å². The topological polar surface area (TPSA) is 54.4 Å². The molecule has 0 aliphatic heterocycles. The standard InChI is InChI=1S/C10H20O3S/c1-5-8(6-2)14(13)9(7(3)4)10(11)12/h7-9H,5-6H2,1-4H3,(H,11,12). The molecule has 0 spiro atoms. The molecule has 0 aromatic heterocycles. The minimum absolute atomic E-state index is 0.0125. The lowest BCUT2D eigenvalue weighted by atomic mass is 10.1. The van der Waals surface area contributed by atoms with Gasteiger partial charge in [0.2, 0.25) is 0 Å². The van der Waals surface area contributed by atoms with Gasteiger partial charge in [0.1, 0.15) is 5.25 Å². The quantitative estimate of drug-likeness (QED) is 0.745. The molecule has 0 aliphatic rings. The van der Waals surface area contributed by atoms with Crippen LogP contribution in [0.3, 0.4) is 0 Å². The second kappa shape index (κ2) is 6.17. The van der Waals surface area contributed by atoms with Crippen LogP contribution in [0, 0.1) is 5.92 Å². The summed E-state index contributed by atoms with van der Waals surface area (Å²) in [6.07, 6.45) is 1.55. The maximum absolute atomic E-state index is 11.9. The van der Waals surface area contributed by atoms with Gasteiger partial charge in [-0.2, -0.15) is 0 Å². The van der Waals surface area contributed by atoms with Crippen molar-refractivity contribution in [3.8, 4) is 0 Å². The SMILES string of the molecule is CCC(CC)S(=O)C(C(=O)O)C(C)C. The van der Waals surface area contributed by atoms with Gasteiger partial charge in [-0.05, 0) is 18.8 Å². The number of hydrogen-bond acceptors (Lipinski definition) is 2. The van der Waals surface area contributed by atoms with Crippen molar-refractivity contribution in [1.82, 2.24) is 0 Å². The smallest absolute Gasteiger partial charge is 0.319 e.